The third kappa shape index (κ3) is 2.21. The van der Waals surface area contributed by atoms with Crippen molar-refractivity contribution in [3.63, 3.8) is 0 Å². The Morgan fingerprint density at radius 1 is 1.19 bits per heavy atom. The number of amides is 1. The zero-order valence-corrected chi connectivity index (χ0v) is 15.0. The van der Waals surface area contributed by atoms with Crippen LogP contribution in [0.15, 0.2) is 47.5 Å². The van der Waals surface area contributed by atoms with Gasteiger partial charge in [-0.15, -0.1) is 0 Å². The molecule has 2 aromatic rings. The number of fused-ring (bicyclic) bond motifs is 1. The van der Waals surface area contributed by atoms with E-state index in [1.54, 1.807) is 19.2 Å². The lowest BCUT2D eigenvalue weighted by Crippen LogP contribution is -2.48. The van der Waals surface area contributed by atoms with Crippen molar-refractivity contribution in [2.24, 2.45) is 16.1 Å². The van der Waals surface area contributed by atoms with E-state index in [0.29, 0.717) is 12.0 Å². The van der Waals surface area contributed by atoms with Crippen LogP contribution < -0.4 is 11.1 Å². The number of nitrogens with one attached hydrogen (secondary N) is 1. The minimum absolute atomic E-state index is 0.124. The number of hydrogen-bond donors (Lipinski definition) is 2. The van der Waals surface area contributed by atoms with Gasteiger partial charge in [-0.1, -0.05) is 17.7 Å². The Balaban J connectivity index is 1.74. The highest BCUT2D eigenvalue weighted by Crippen LogP contribution is 2.68. The van der Waals surface area contributed by atoms with Crippen molar-refractivity contribution in [3.05, 3.63) is 59.4 Å². The number of anilines is 2. The largest absolute Gasteiger partial charge is 0.369 e. The molecule has 2 aromatic carbocycles. The van der Waals surface area contributed by atoms with Gasteiger partial charge in [0.1, 0.15) is 11.4 Å². The summed E-state index contributed by atoms with van der Waals surface area (Å²) in [7, 11) is 1.60. The number of halogens is 1. The molecule has 2 atom stereocenters. The first-order valence-electron chi connectivity index (χ1n) is 8.54. The average Bonchev–Trinajstić information content (AvgIpc) is 3.23. The fraction of sp³-hybridized carbons (Fsp3) is 0.300. The molecule has 1 aliphatic heterocycles. The Labute approximate surface area is 151 Å². The SMILES string of the molecule is Cc1ccc(Nc2ccc(F)c([C@]34CC3(C)C(=O)N(C)C(N)=N4)c2)cc1. The van der Waals surface area contributed by atoms with Gasteiger partial charge in [0.25, 0.3) is 0 Å². The number of aliphatic imine (C=N–C) groups is 1. The lowest BCUT2D eigenvalue weighted by atomic mass is 9.92. The van der Waals surface area contributed by atoms with Gasteiger partial charge in [-0.25, -0.2) is 9.38 Å². The maximum absolute atomic E-state index is 14.7. The number of guanidine groups is 1. The quantitative estimate of drug-likeness (QED) is 0.891. The van der Waals surface area contributed by atoms with Crippen molar-refractivity contribution in [2.45, 2.75) is 25.8 Å². The molecule has 1 amide bonds. The number of hydrogen-bond acceptors (Lipinski definition) is 4. The summed E-state index contributed by atoms with van der Waals surface area (Å²) in [5.74, 6) is -0.375. The van der Waals surface area contributed by atoms with Gasteiger partial charge in [0, 0.05) is 24.0 Å². The number of nitrogens with two attached hydrogens (primary N) is 1. The van der Waals surface area contributed by atoms with Crippen LogP contribution in [0.3, 0.4) is 0 Å². The molecule has 0 radical (unpaired) electrons. The molecular formula is C20H21FN4O. The molecule has 0 bridgehead atoms. The number of rotatable bonds is 3. The minimum atomic E-state index is -0.921. The Morgan fingerprint density at radius 2 is 1.85 bits per heavy atom. The molecule has 1 unspecified atom stereocenters. The van der Waals surface area contributed by atoms with Crippen molar-refractivity contribution in [1.29, 1.82) is 0 Å². The first-order valence-corrected chi connectivity index (χ1v) is 8.54. The van der Waals surface area contributed by atoms with Crippen molar-refractivity contribution in [1.82, 2.24) is 4.90 Å². The van der Waals surface area contributed by atoms with Gasteiger partial charge in [0.05, 0.1) is 5.41 Å². The molecule has 2 aliphatic rings. The van der Waals surface area contributed by atoms with Crippen LogP contribution in [0, 0.1) is 18.2 Å². The molecule has 0 saturated heterocycles. The first kappa shape index (κ1) is 16.6. The normalized spacial score (nSPS) is 27.0. The van der Waals surface area contributed by atoms with Crippen molar-refractivity contribution in [3.8, 4) is 0 Å². The van der Waals surface area contributed by atoms with E-state index in [9.17, 15) is 9.18 Å². The van der Waals surface area contributed by atoms with Crippen LogP contribution in [0.5, 0.6) is 0 Å². The van der Waals surface area contributed by atoms with Crippen molar-refractivity contribution in [2.75, 3.05) is 12.4 Å². The molecule has 1 fully saturated rings. The van der Waals surface area contributed by atoms with E-state index in [-0.39, 0.29) is 17.7 Å². The smallest absolute Gasteiger partial charge is 0.237 e. The molecule has 0 aromatic heterocycles. The highest BCUT2D eigenvalue weighted by molar-refractivity contribution is 6.04. The first-order chi connectivity index (χ1) is 12.3. The summed E-state index contributed by atoms with van der Waals surface area (Å²) >= 11 is 0. The molecule has 1 heterocycles. The molecule has 6 heteroatoms. The van der Waals surface area contributed by atoms with Gasteiger partial charge in [0.15, 0.2) is 5.96 Å². The summed E-state index contributed by atoms with van der Waals surface area (Å²) in [6.07, 6.45) is 0.453. The molecule has 3 N–H and O–H groups in total. The standard InChI is InChI=1S/C20H21FN4O/c1-12-4-6-13(7-5-12)23-14-8-9-16(21)15(10-14)20-11-19(20,2)17(26)25(3)18(22)24-20/h4-10,23H,11H2,1-3H3,(H2,22,24)/t19?,20-/m1/s1. The second-order valence-electron chi connectivity index (χ2n) is 7.39. The number of nitrogens with zero attached hydrogens (tertiary/aromatic N) is 2. The molecule has 5 nitrogen and oxygen atoms in total. The third-order valence-corrected chi connectivity index (χ3v) is 5.58. The lowest BCUT2D eigenvalue weighted by Gasteiger charge is -2.30. The molecule has 4 rings (SSSR count). The highest BCUT2D eigenvalue weighted by Gasteiger charge is 2.74. The summed E-state index contributed by atoms with van der Waals surface area (Å²) in [4.78, 5) is 18.5. The zero-order valence-electron chi connectivity index (χ0n) is 15.0. The van der Waals surface area contributed by atoms with Crippen LogP contribution >= 0.6 is 0 Å². The predicted octanol–water partition coefficient (Wildman–Crippen LogP) is 3.27. The maximum atomic E-state index is 14.7. The summed E-state index contributed by atoms with van der Waals surface area (Å²) < 4.78 is 14.7. The number of aryl methyl sites for hydroxylation is 1. The topological polar surface area (TPSA) is 70.7 Å². The molecular weight excluding hydrogens is 331 g/mol. The molecule has 1 aliphatic carbocycles. The number of carbonyl (C=O) groups excluding carboxylic acids is 1. The van der Waals surface area contributed by atoms with Gasteiger partial charge >= 0.3 is 0 Å². The van der Waals surface area contributed by atoms with Crippen LogP contribution in [0.25, 0.3) is 0 Å². The van der Waals surface area contributed by atoms with E-state index in [0.717, 1.165) is 16.9 Å². The molecule has 0 spiro atoms. The van der Waals surface area contributed by atoms with Crippen molar-refractivity contribution < 1.29 is 9.18 Å². The minimum Gasteiger partial charge on any atom is -0.369 e. The fourth-order valence-corrected chi connectivity index (χ4v) is 3.80. The van der Waals surface area contributed by atoms with Gasteiger partial charge in [-0.05, 0) is 50.6 Å². The number of carbonyl (C=O) groups is 1. The van der Waals surface area contributed by atoms with Gasteiger partial charge in [-0.3, -0.25) is 9.69 Å². The van der Waals surface area contributed by atoms with Gasteiger partial charge < -0.3 is 11.1 Å². The summed E-state index contributed by atoms with van der Waals surface area (Å²) in [6, 6.07) is 12.8. The molecule has 26 heavy (non-hydrogen) atoms. The van der Waals surface area contributed by atoms with Gasteiger partial charge in [-0.2, -0.15) is 0 Å². The van der Waals surface area contributed by atoms with E-state index < -0.39 is 11.0 Å². The Kier molecular flexibility index (Phi) is 3.38. The molecule has 1 saturated carbocycles. The second kappa shape index (κ2) is 5.30. The zero-order chi connectivity index (χ0) is 18.7. The highest BCUT2D eigenvalue weighted by atomic mass is 19.1. The summed E-state index contributed by atoms with van der Waals surface area (Å²) in [5, 5.41) is 3.28. The van der Waals surface area contributed by atoms with Crippen LogP contribution in [-0.2, 0) is 10.3 Å². The Bertz CT molecular complexity index is 939. The van der Waals surface area contributed by atoms with Crippen molar-refractivity contribution >= 4 is 23.2 Å². The Morgan fingerprint density at radius 3 is 2.54 bits per heavy atom. The van der Waals surface area contributed by atoms with Crippen LogP contribution in [0.1, 0.15) is 24.5 Å². The average molecular weight is 352 g/mol. The number of benzene rings is 2. The fourth-order valence-electron chi connectivity index (χ4n) is 3.80. The summed E-state index contributed by atoms with van der Waals surface area (Å²) in [6.45, 7) is 3.84. The van der Waals surface area contributed by atoms with Gasteiger partial charge in [0.2, 0.25) is 5.91 Å². The maximum Gasteiger partial charge on any atom is 0.237 e. The van der Waals surface area contributed by atoms with Crippen LogP contribution in [0.4, 0.5) is 15.8 Å². The lowest BCUT2D eigenvalue weighted by molar-refractivity contribution is -0.132. The summed E-state index contributed by atoms with van der Waals surface area (Å²) in [5.41, 5.74) is 7.46. The monoisotopic (exact) mass is 352 g/mol. The van der Waals surface area contributed by atoms with E-state index in [2.05, 4.69) is 10.3 Å². The third-order valence-electron chi connectivity index (χ3n) is 5.58. The van der Waals surface area contributed by atoms with E-state index in [1.807, 2.05) is 38.1 Å². The Hall–Kier alpha value is -2.89. The van der Waals surface area contributed by atoms with E-state index in [1.165, 1.54) is 11.0 Å². The van der Waals surface area contributed by atoms with Crippen LogP contribution in [0.2, 0.25) is 0 Å². The van der Waals surface area contributed by atoms with E-state index in [4.69, 9.17) is 5.73 Å². The predicted molar refractivity (Wildman–Crippen MR) is 99.7 cm³/mol. The van der Waals surface area contributed by atoms with E-state index >= 15 is 0 Å². The second-order valence-corrected chi connectivity index (χ2v) is 7.39. The molecule has 134 valence electrons. The van der Waals surface area contributed by atoms with Crippen LogP contribution in [-0.4, -0.2) is 23.8 Å².